The van der Waals surface area contributed by atoms with E-state index in [2.05, 4.69) is 10.6 Å². The summed E-state index contributed by atoms with van der Waals surface area (Å²) in [4.78, 5) is 25.1. The highest BCUT2D eigenvalue weighted by molar-refractivity contribution is 8.00. The molecule has 0 aliphatic heterocycles. The summed E-state index contributed by atoms with van der Waals surface area (Å²) in [5, 5.41) is 6.06. The molecule has 7 heteroatoms. The third-order valence-corrected chi connectivity index (χ3v) is 5.48. The van der Waals surface area contributed by atoms with E-state index in [1.165, 1.54) is 30.0 Å². The molecule has 3 aromatic rings. The minimum Gasteiger partial charge on any atom is -0.325 e. The maximum Gasteiger partial charge on any atom is 0.258 e. The summed E-state index contributed by atoms with van der Waals surface area (Å²) in [6.45, 7) is 1.90. The quantitative estimate of drug-likeness (QED) is 0.490. The van der Waals surface area contributed by atoms with Crippen LogP contribution < -0.4 is 10.6 Å². The number of aryl methyl sites for hydroxylation is 1. The van der Waals surface area contributed by atoms with E-state index < -0.39 is 11.7 Å². The highest BCUT2D eigenvalue weighted by Crippen LogP contribution is 2.23. The van der Waals surface area contributed by atoms with Gasteiger partial charge in [0.05, 0.1) is 11.3 Å². The highest BCUT2D eigenvalue weighted by Gasteiger charge is 2.11. The second-order valence-electron chi connectivity index (χ2n) is 6.26. The maximum absolute atomic E-state index is 13.7. The van der Waals surface area contributed by atoms with Crippen LogP contribution in [0.25, 0.3) is 0 Å². The summed E-state index contributed by atoms with van der Waals surface area (Å²) < 4.78 is 13.7. The van der Waals surface area contributed by atoms with Crippen LogP contribution in [0.1, 0.15) is 15.9 Å². The number of thioether (sulfide) groups is 1. The van der Waals surface area contributed by atoms with Crippen molar-refractivity contribution < 1.29 is 14.0 Å². The Hall–Kier alpha value is -2.83. The fourth-order valence-electron chi connectivity index (χ4n) is 2.49. The predicted octanol–water partition coefficient (Wildman–Crippen LogP) is 5.77. The minimum atomic E-state index is -0.571. The van der Waals surface area contributed by atoms with Gasteiger partial charge in [0.25, 0.3) is 5.91 Å². The molecule has 0 spiro atoms. The molecule has 0 aromatic heterocycles. The van der Waals surface area contributed by atoms with E-state index in [1.54, 1.807) is 42.5 Å². The molecular formula is C22H18ClFN2O2S. The monoisotopic (exact) mass is 428 g/mol. The molecule has 0 unspecified atom stereocenters. The van der Waals surface area contributed by atoms with E-state index in [9.17, 15) is 14.0 Å². The van der Waals surface area contributed by atoms with Gasteiger partial charge in [-0.2, -0.15) is 0 Å². The number of benzene rings is 3. The molecule has 0 aliphatic rings. The lowest BCUT2D eigenvalue weighted by Crippen LogP contribution is -2.14. The van der Waals surface area contributed by atoms with Crippen LogP contribution in [0.15, 0.2) is 71.6 Å². The summed E-state index contributed by atoms with van der Waals surface area (Å²) in [5.41, 5.74) is 2.12. The first-order valence-electron chi connectivity index (χ1n) is 8.77. The van der Waals surface area contributed by atoms with Crippen LogP contribution in [0.4, 0.5) is 15.8 Å². The van der Waals surface area contributed by atoms with Gasteiger partial charge < -0.3 is 10.6 Å². The van der Waals surface area contributed by atoms with Crippen LogP contribution in [0, 0.1) is 12.7 Å². The molecule has 0 atom stereocenters. The largest absolute Gasteiger partial charge is 0.325 e. The van der Waals surface area contributed by atoms with Crippen LogP contribution in [0.5, 0.6) is 0 Å². The third kappa shape index (κ3) is 5.82. The van der Waals surface area contributed by atoms with Crippen molar-refractivity contribution in [3.8, 4) is 0 Å². The number of halogens is 2. The Labute approximate surface area is 177 Å². The van der Waals surface area contributed by atoms with Gasteiger partial charge in [-0.25, -0.2) is 4.39 Å². The van der Waals surface area contributed by atoms with E-state index >= 15 is 0 Å². The molecule has 29 heavy (non-hydrogen) atoms. The average Bonchev–Trinajstić information content (AvgIpc) is 2.70. The second kappa shape index (κ2) is 9.58. The Bertz CT molecular complexity index is 1040. The SMILES string of the molecule is Cc1ccc(NC(=O)CSc2ccc(NC(=O)c3ccccc3F)cc2)cc1Cl. The van der Waals surface area contributed by atoms with Crippen LogP contribution in [-0.2, 0) is 4.79 Å². The number of hydrogen-bond donors (Lipinski definition) is 2. The van der Waals surface area contributed by atoms with Gasteiger partial charge in [0.15, 0.2) is 0 Å². The summed E-state index contributed by atoms with van der Waals surface area (Å²) in [6.07, 6.45) is 0. The van der Waals surface area contributed by atoms with E-state index in [1.807, 2.05) is 13.0 Å². The van der Waals surface area contributed by atoms with Gasteiger partial charge in [-0.15, -0.1) is 11.8 Å². The van der Waals surface area contributed by atoms with E-state index in [0.29, 0.717) is 16.4 Å². The van der Waals surface area contributed by atoms with Gasteiger partial charge >= 0.3 is 0 Å². The van der Waals surface area contributed by atoms with Gasteiger partial charge in [0, 0.05) is 21.3 Å². The summed E-state index contributed by atoms with van der Waals surface area (Å²) >= 11 is 7.43. The molecule has 0 fully saturated rings. The lowest BCUT2D eigenvalue weighted by molar-refractivity contribution is -0.113. The molecule has 2 N–H and O–H groups in total. The van der Waals surface area contributed by atoms with E-state index in [4.69, 9.17) is 11.6 Å². The Balaban J connectivity index is 1.52. The van der Waals surface area contributed by atoms with Gasteiger partial charge in [0.1, 0.15) is 5.82 Å². The first-order chi connectivity index (χ1) is 13.9. The van der Waals surface area contributed by atoms with Crippen molar-refractivity contribution in [1.82, 2.24) is 0 Å². The van der Waals surface area contributed by atoms with Crippen LogP contribution in [-0.4, -0.2) is 17.6 Å². The maximum atomic E-state index is 13.7. The normalized spacial score (nSPS) is 10.4. The van der Waals surface area contributed by atoms with Crippen LogP contribution >= 0.6 is 23.4 Å². The molecule has 0 bridgehead atoms. The molecule has 0 aliphatic carbocycles. The van der Waals surface area contributed by atoms with Gasteiger partial charge in [0.2, 0.25) is 5.91 Å². The molecule has 0 saturated carbocycles. The second-order valence-corrected chi connectivity index (χ2v) is 7.72. The van der Waals surface area contributed by atoms with Crippen LogP contribution in [0.2, 0.25) is 5.02 Å². The number of rotatable bonds is 6. The first kappa shape index (κ1) is 20.9. The van der Waals surface area contributed by atoms with Gasteiger partial charge in [-0.1, -0.05) is 29.8 Å². The molecule has 0 saturated heterocycles. The molecule has 2 amide bonds. The molecule has 0 radical (unpaired) electrons. The Kier molecular flexibility index (Phi) is 6.90. The highest BCUT2D eigenvalue weighted by atomic mass is 35.5. The number of amides is 2. The van der Waals surface area contributed by atoms with Crippen molar-refractivity contribution in [3.63, 3.8) is 0 Å². The Morgan fingerprint density at radius 2 is 1.66 bits per heavy atom. The number of anilines is 2. The van der Waals surface area contributed by atoms with Gasteiger partial charge in [-0.3, -0.25) is 9.59 Å². The number of carbonyl (C=O) groups is 2. The molecular weight excluding hydrogens is 411 g/mol. The lowest BCUT2D eigenvalue weighted by Gasteiger charge is -2.08. The van der Waals surface area contributed by atoms with Crippen molar-refractivity contribution in [2.24, 2.45) is 0 Å². The van der Waals surface area contributed by atoms with E-state index in [-0.39, 0.29) is 17.2 Å². The number of nitrogens with one attached hydrogen (secondary N) is 2. The molecule has 0 heterocycles. The van der Waals surface area contributed by atoms with Crippen molar-refractivity contribution >= 4 is 46.6 Å². The zero-order valence-electron chi connectivity index (χ0n) is 15.5. The molecule has 4 nitrogen and oxygen atoms in total. The number of carbonyl (C=O) groups excluding carboxylic acids is 2. The summed E-state index contributed by atoms with van der Waals surface area (Å²) in [5.74, 6) is -1.00. The fraction of sp³-hybridized carbons (Fsp3) is 0.0909. The van der Waals surface area contributed by atoms with Crippen molar-refractivity contribution in [3.05, 3.63) is 88.7 Å². The third-order valence-electron chi connectivity index (χ3n) is 4.06. The Morgan fingerprint density at radius 3 is 2.34 bits per heavy atom. The summed E-state index contributed by atoms with van der Waals surface area (Å²) in [6, 6.07) is 18.2. The number of hydrogen-bond acceptors (Lipinski definition) is 3. The molecule has 3 rings (SSSR count). The summed E-state index contributed by atoms with van der Waals surface area (Å²) in [7, 11) is 0. The standard InChI is InChI=1S/C22H18ClFN2O2S/c1-14-6-7-16(12-19(14)23)25-21(27)13-29-17-10-8-15(9-11-17)26-22(28)18-4-2-3-5-20(18)24/h2-12H,13H2,1H3,(H,25,27)(H,26,28). The van der Waals surface area contributed by atoms with Crippen molar-refractivity contribution in [1.29, 1.82) is 0 Å². The zero-order valence-corrected chi connectivity index (χ0v) is 17.1. The lowest BCUT2D eigenvalue weighted by atomic mass is 10.2. The topological polar surface area (TPSA) is 58.2 Å². The molecule has 3 aromatic carbocycles. The minimum absolute atomic E-state index is 0.0150. The predicted molar refractivity (Wildman–Crippen MR) is 116 cm³/mol. The average molecular weight is 429 g/mol. The first-order valence-corrected chi connectivity index (χ1v) is 10.1. The fourth-order valence-corrected chi connectivity index (χ4v) is 3.37. The van der Waals surface area contributed by atoms with Crippen molar-refractivity contribution in [2.45, 2.75) is 11.8 Å². The van der Waals surface area contributed by atoms with Crippen molar-refractivity contribution in [2.75, 3.05) is 16.4 Å². The smallest absolute Gasteiger partial charge is 0.258 e. The van der Waals surface area contributed by atoms with Gasteiger partial charge in [-0.05, 0) is 61.0 Å². The van der Waals surface area contributed by atoms with Crippen LogP contribution in [0.3, 0.4) is 0 Å². The molecule has 148 valence electrons. The Morgan fingerprint density at radius 1 is 0.966 bits per heavy atom. The zero-order chi connectivity index (χ0) is 20.8. The van der Waals surface area contributed by atoms with E-state index in [0.717, 1.165) is 10.5 Å².